The van der Waals surface area contributed by atoms with Crippen molar-refractivity contribution in [2.75, 3.05) is 41.2 Å². The van der Waals surface area contributed by atoms with Crippen LogP contribution in [0.15, 0.2) is 0 Å². The molecule has 8 nitrogen and oxygen atoms in total. The second-order valence-electron chi connectivity index (χ2n) is 3.06. The van der Waals surface area contributed by atoms with Crippen molar-refractivity contribution in [2.24, 2.45) is 0 Å². The fraction of sp³-hybridized carbons (Fsp3) is 1.00. The van der Waals surface area contributed by atoms with Gasteiger partial charge >= 0.3 is 9.05 Å². The predicted molar refractivity (Wildman–Crippen MR) is 61.7 cm³/mol. The minimum Gasteiger partial charge on any atom is -0.381 e. The molecular weight excluding hydrogens is 264 g/mol. The first-order valence-electron chi connectivity index (χ1n) is 5.61. The maximum Gasteiger partial charge on any atom is 0.764 e. The second kappa shape index (κ2) is 12.0. The van der Waals surface area contributed by atoms with Gasteiger partial charge in [0.2, 0.25) is 0 Å². The molecule has 0 saturated heterocycles. The van der Waals surface area contributed by atoms with Gasteiger partial charge in [0.25, 0.3) is 0 Å². The highest BCUT2D eigenvalue weighted by molar-refractivity contribution is 6.52. The molecule has 0 unspecified atom stereocenters. The maximum atomic E-state index is 5.35. The zero-order chi connectivity index (χ0) is 13.7. The van der Waals surface area contributed by atoms with Crippen LogP contribution in [0.3, 0.4) is 0 Å². The third kappa shape index (κ3) is 8.08. The molecule has 0 amide bonds. The Morgan fingerprint density at radius 1 is 0.778 bits per heavy atom. The summed E-state index contributed by atoms with van der Waals surface area (Å²) in [5.41, 5.74) is 0. The molecular formula is C9H22O8Si. The van der Waals surface area contributed by atoms with Crippen LogP contribution >= 0.6 is 0 Å². The van der Waals surface area contributed by atoms with Crippen molar-refractivity contribution in [2.45, 2.75) is 19.8 Å². The van der Waals surface area contributed by atoms with E-state index < -0.39 is 9.05 Å². The third-order valence-corrected chi connectivity index (χ3v) is 3.29. The van der Waals surface area contributed by atoms with Crippen molar-refractivity contribution in [3.8, 4) is 0 Å². The van der Waals surface area contributed by atoms with Gasteiger partial charge in [0.05, 0.1) is 21.3 Å². The van der Waals surface area contributed by atoms with Crippen molar-refractivity contribution in [3.63, 3.8) is 0 Å². The number of ether oxygens (including phenoxy) is 1. The topological polar surface area (TPSA) is 73.8 Å². The van der Waals surface area contributed by atoms with Gasteiger partial charge in [-0.3, -0.25) is 0 Å². The fourth-order valence-electron chi connectivity index (χ4n) is 1.02. The van der Waals surface area contributed by atoms with E-state index in [1.165, 1.54) is 21.3 Å². The van der Waals surface area contributed by atoms with E-state index in [2.05, 4.69) is 14.7 Å². The lowest BCUT2D eigenvalue weighted by Crippen LogP contribution is -2.48. The minimum absolute atomic E-state index is 0.298. The Bertz CT molecular complexity index is 165. The Morgan fingerprint density at radius 2 is 1.33 bits per heavy atom. The molecule has 0 aliphatic carbocycles. The molecule has 0 N–H and O–H groups in total. The van der Waals surface area contributed by atoms with Crippen LogP contribution in [-0.2, 0) is 37.6 Å². The summed E-state index contributed by atoms with van der Waals surface area (Å²) in [5.74, 6) is 0. The van der Waals surface area contributed by atoms with E-state index in [9.17, 15) is 0 Å². The largest absolute Gasteiger partial charge is 0.764 e. The number of hydrogen-bond acceptors (Lipinski definition) is 8. The Hall–Kier alpha value is -0.103. The van der Waals surface area contributed by atoms with E-state index in [0.29, 0.717) is 19.6 Å². The highest BCUT2D eigenvalue weighted by Gasteiger charge is 2.51. The normalized spacial score (nSPS) is 12.0. The first kappa shape index (κ1) is 17.9. The van der Waals surface area contributed by atoms with E-state index >= 15 is 0 Å². The molecule has 0 saturated carbocycles. The van der Waals surface area contributed by atoms with Crippen LogP contribution < -0.4 is 0 Å². The summed E-state index contributed by atoms with van der Waals surface area (Å²) < 4.78 is 25.1. The van der Waals surface area contributed by atoms with Crippen molar-refractivity contribution in [1.82, 2.24) is 0 Å². The first-order valence-corrected chi connectivity index (χ1v) is 7.25. The Labute approximate surface area is 108 Å². The summed E-state index contributed by atoms with van der Waals surface area (Å²) >= 11 is 0. The summed E-state index contributed by atoms with van der Waals surface area (Å²) in [5, 5.41) is 0. The smallest absolute Gasteiger partial charge is 0.381 e. The zero-order valence-electron chi connectivity index (χ0n) is 11.3. The zero-order valence-corrected chi connectivity index (χ0v) is 12.3. The van der Waals surface area contributed by atoms with Crippen LogP contribution in [0.5, 0.6) is 0 Å². The summed E-state index contributed by atoms with van der Waals surface area (Å²) in [4.78, 5) is 13.5. The monoisotopic (exact) mass is 286 g/mol. The minimum atomic E-state index is -3.59. The lowest BCUT2D eigenvalue weighted by molar-refractivity contribution is -0.370. The van der Waals surface area contributed by atoms with E-state index in [-0.39, 0.29) is 0 Å². The van der Waals surface area contributed by atoms with E-state index in [0.717, 1.165) is 13.0 Å². The van der Waals surface area contributed by atoms with Crippen LogP contribution in [0.4, 0.5) is 0 Å². The molecule has 0 aromatic heterocycles. The summed E-state index contributed by atoms with van der Waals surface area (Å²) in [6, 6.07) is 0. The van der Waals surface area contributed by atoms with Gasteiger partial charge in [-0.1, -0.05) is 6.92 Å². The predicted octanol–water partition coefficient (Wildman–Crippen LogP) is 0.989. The summed E-state index contributed by atoms with van der Waals surface area (Å²) in [7, 11) is 0.311. The van der Waals surface area contributed by atoms with Gasteiger partial charge in [-0.05, 0) is 12.8 Å². The Kier molecular flexibility index (Phi) is 11.9. The molecule has 0 atom stereocenters. The van der Waals surface area contributed by atoms with Crippen molar-refractivity contribution >= 4 is 9.05 Å². The van der Waals surface area contributed by atoms with Crippen molar-refractivity contribution in [1.29, 1.82) is 0 Å². The second-order valence-corrected chi connectivity index (χ2v) is 4.85. The van der Waals surface area contributed by atoms with Crippen LogP contribution in [-0.4, -0.2) is 50.2 Å². The molecule has 0 spiro atoms. The number of hydrogen-bond donors (Lipinski definition) is 0. The molecule has 0 fully saturated rings. The Balaban J connectivity index is 3.97. The SMILES string of the molecule is CCCOCCCO[Si](OOC)(OOC)OOC. The molecule has 0 bridgehead atoms. The summed E-state index contributed by atoms with van der Waals surface area (Å²) in [6.07, 6.45) is 1.63. The molecule has 0 aromatic rings. The van der Waals surface area contributed by atoms with Crippen molar-refractivity contribution < 1.29 is 37.6 Å². The Morgan fingerprint density at radius 3 is 1.78 bits per heavy atom. The van der Waals surface area contributed by atoms with Gasteiger partial charge in [-0.25, -0.2) is 14.7 Å². The molecule has 0 aliphatic rings. The lowest BCUT2D eigenvalue weighted by atomic mass is 10.5. The highest BCUT2D eigenvalue weighted by atomic mass is 28.4. The molecule has 0 heterocycles. The first-order chi connectivity index (χ1) is 8.74. The average Bonchev–Trinajstić information content (AvgIpc) is 2.35. The van der Waals surface area contributed by atoms with Crippen LogP contribution in [0.2, 0.25) is 0 Å². The van der Waals surface area contributed by atoms with Gasteiger partial charge in [-0.2, -0.15) is 13.7 Å². The molecule has 0 aromatic carbocycles. The molecule has 0 rings (SSSR count). The molecule has 110 valence electrons. The van der Waals surface area contributed by atoms with Gasteiger partial charge in [0, 0.05) is 19.8 Å². The van der Waals surface area contributed by atoms with E-state index in [1.807, 2.05) is 6.92 Å². The van der Waals surface area contributed by atoms with Crippen LogP contribution in [0.25, 0.3) is 0 Å². The van der Waals surface area contributed by atoms with Gasteiger partial charge in [0.15, 0.2) is 0 Å². The van der Waals surface area contributed by atoms with Gasteiger partial charge in [0.1, 0.15) is 0 Å². The quantitative estimate of drug-likeness (QED) is 0.215. The summed E-state index contributed by atoms with van der Waals surface area (Å²) in [6.45, 7) is 3.64. The van der Waals surface area contributed by atoms with Gasteiger partial charge in [-0.15, -0.1) is 0 Å². The van der Waals surface area contributed by atoms with Crippen molar-refractivity contribution in [3.05, 3.63) is 0 Å². The molecule has 18 heavy (non-hydrogen) atoms. The lowest BCUT2D eigenvalue weighted by Gasteiger charge is -2.22. The highest BCUT2D eigenvalue weighted by Crippen LogP contribution is 2.13. The van der Waals surface area contributed by atoms with Crippen LogP contribution in [0, 0.1) is 0 Å². The van der Waals surface area contributed by atoms with E-state index in [4.69, 9.17) is 22.9 Å². The fourth-order valence-corrected chi connectivity index (χ4v) is 2.26. The standard InChI is InChI=1S/C9H22O8Si/c1-5-7-13-8-6-9-14-18(15-10-2,16-11-3)17-12-4/h5-9H2,1-4H3. The maximum absolute atomic E-state index is 5.35. The van der Waals surface area contributed by atoms with Crippen LogP contribution in [0.1, 0.15) is 19.8 Å². The number of rotatable bonds is 13. The molecule has 0 radical (unpaired) electrons. The van der Waals surface area contributed by atoms with Gasteiger partial charge < -0.3 is 9.16 Å². The average molecular weight is 286 g/mol. The molecule has 9 heteroatoms. The third-order valence-electron chi connectivity index (χ3n) is 1.62. The van der Waals surface area contributed by atoms with E-state index in [1.54, 1.807) is 0 Å². The molecule has 0 aliphatic heterocycles.